The van der Waals surface area contributed by atoms with Crippen molar-refractivity contribution in [2.45, 2.75) is 38.2 Å². The fraction of sp³-hybridized carbons (Fsp3) is 0.833. The van der Waals surface area contributed by atoms with Crippen LogP contribution in [0.2, 0.25) is 0 Å². The van der Waals surface area contributed by atoms with Crippen LogP contribution < -0.4 is 0 Å². The molecule has 0 unspecified atom stereocenters. The molecule has 0 aliphatic carbocycles. The summed E-state index contributed by atoms with van der Waals surface area (Å²) in [7, 11) is 0. The summed E-state index contributed by atoms with van der Waals surface area (Å²) in [5, 5.41) is 9.38. The van der Waals surface area contributed by atoms with Gasteiger partial charge in [-0.3, -0.25) is 9.59 Å². The summed E-state index contributed by atoms with van der Waals surface area (Å²) in [5.41, 5.74) is 0. The molecule has 5 nitrogen and oxygen atoms in total. The molecule has 0 saturated carbocycles. The molecule has 1 N–H and O–H groups in total. The quantitative estimate of drug-likeness (QED) is 0.738. The van der Waals surface area contributed by atoms with E-state index in [1.165, 1.54) is 0 Å². The van der Waals surface area contributed by atoms with Gasteiger partial charge in [0.15, 0.2) is 0 Å². The number of likely N-dealkylation sites (tertiary alicyclic amines) is 2. The Labute approximate surface area is 101 Å². The lowest BCUT2D eigenvalue weighted by Gasteiger charge is -2.23. The number of aliphatic hydroxyl groups excluding tert-OH is 1. The summed E-state index contributed by atoms with van der Waals surface area (Å²) in [6, 6.07) is 0. The summed E-state index contributed by atoms with van der Waals surface area (Å²) in [6.45, 7) is 1.91. The monoisotopic (exact) mass is 240 g/mol. The van der Waals surface area contributed by atoms with Crippen LogP contribution in [0.15, 0.2) is 0 Å². The molecule has 0 aromatic carbocycles. The maximum Gasteiger partial charge on any atom is 0.242 e. The predicted molar refractivity (Wildman–Crippen MR) is 62.3 cm³/mol. The van der Waals surface area contributed by atoms with Gasteiger partial charge in [0.25, 0.3) is 0 Å². The summed E-state index contributed by atoms with van der Waals surface area (Å²) in [5.74, 6) is 0.0624. The highest BCUT2D eigenvalue weighted by Crippen LogP contribution is 2.13. The Balaban J connectivity index is 1.86. The summed E-state index contributed by atoms with van der Waals surface area (Å²) in [6.07, 6.45) is 3.82. The average molecular weight is 240 g/mol. The van der Waals surface area contributed by atoms with Crippen LogP contribution in [0, 0.1) is 0 Å². The number of amides is 2. The average Bonchev–Trinajstić information content (AvgIpc) is 2.63. The number of β-amino-alcohol motifs (C(OH)–C–C–N with tert-alkyl or cyclic N) is 1. The van der Waals surface area contributed by atoms with Crippen LogP contribution in [0.5, 0.6) is 0 Å². The number of rotatable bonds is 2. The van der Waals surface area contributed by atoms with E-state index < -0.39 is 6.10 Å². The van der Waals surface area contributed by atoms with Gasteiger partial charge in [-0.2, -0.15) is 0 Å². The van der Waals surface area contributed by atoms with Crippen molar-refractivity contribution in [3.05, 3.63) is 0 Å². The standard InChI is InChI=1S/C12H20N2O3/c15-10-5-7-14(8-10)12(17)9-13-6-3-1-2-4-11(13)16/h10,15H,1-9H2/t10-/m0/s1. The van der Waals surface area contributed by atoms with Gasteiger partial charge in [0.2, 0.25) is 11.8 Å². The summed E-state index contributed by atoms with van der Waals surface area (Å²) < 4.78 is 0. The van der Waals surface area contributed by atoms with Crippen molar-refractivity contribution < 1.29 is 14.7 Å². The second-order valence-electron chi connectivity index (χ2n) is 4.91. The van der Waals surface area contributed by atoms with Gasteiger partial charge < -0.3 is 14.9 Å². The molecule has 2 heterocycles. The van der Waals surface area contributed by atoms with Crippen LogP contribution in [0.1, 0.15) is 32.1 Å². The van der Waals surface area contributed by atoms with Gasteiger partial charge in [-0.1, -0.05) is 6.42 Å². The van der Waals surface area contributed by atoms with Crippen LogP contribution in [-0.4, -0.2) is 59.0 Å². The fourth-order valence-corrected chi connectivity index (χ4v) is 2.44. The molecule has 0 spiro atoms. The van der Waals surface area contributed by atoms with Gasteiger partial charge in [0.05, 0.1) is 12.6 Å². The lowest BCUT2D eigenvalue weighted by molar-refractivity contribution is -0.139. The van der Waals surface area contributed by atoms with Gasteiger partial charge in [-0.25, -0.2) is 0 Å². The summed E-state index contributed by atoms with van der Waals surface area (Å²) in [4.78, 5) is 27.0. The number of carbonyl (C=O) groups excluding carboxylic acids is 2. The second kappa shape index (κ2) is 5.49. The normalized spacial score (nSPS) is 26.2. The third-order valence-corrected chi connectivity index (χ3v) is 3.51. The van der Waals surface area contributed by atoms with Gasteiger partial charge in [-0.05, 0) is 19.3 Å². The van der Waals surface area contributed by atoms with E-state index in [0.717, 1.165) is 19.3 Å². The van der Waals surface area contributed by atoms with E-state index in [-0.39, 0.29) is 18.4 Å². The molecule has 2 aliphatic heterocycles. The maximum absolute atomic E-state index is 11.9. The molecule has 17 heavy (non-hydrogen) atoms. The van der Waals surface area contributed by atoms with Gasteiger partial charge in [0.1, 0.15) is 0 Å². The third-order valence-electron chi connectivity index (χ3n) is 3.51. The van der Waals surface area contributed by atoms with Crippen molar-refractivity contribution in [2.24, 2.45) is 0 Å². The first kappa shape index (κ1) is 12.4. The number of hydrogen-bond donors (Lipinski definition) is 1. The van der Waals surface area contributed by atoms with Crippen LogP contribution in [0.3, 0.4) is 0 Å². The van der Waals surface area contributed by atoms with E-state index in [9.17, 15) is 14.7 Å². The highest BCUT2D eigenvalue weighted by Gasteiger charge is 2.27. The molecule has 0 radical (unpaired) electrons. The van der Waals surface area contributed by atoms with Crippen molar-refractivity contribution in [3.8, 4) is 0 Å². The predicted octanol–water partition coefficient (Wildman–Crippen LogP) is -0.0178. The number of hydrogen-bond acceptors (Lipinski definition) is 3. The van der Waals surface area contributed by atoms with Crippen LogP contribution in [-0.2, 0) is 9.59 Å². The highest BCUT2D eigenvalue weighted by atomic mass is 16.3. The molecule has 2 fully saturated rings. The van der Waals surface area contributed by atoms with Crippen LogP contribution in [0.25, 0.3) is 0 Å². The first-order valence-corrected chi connectivity index (χ1v) is 6.40. The zero-order valence-corrected chi connectivity index (χ0v) is 10.1. The largest absolute Gasteiger partial charge is 0.391 e. The van der Waals surface area contributed by atoms with E-state index in [1.807, 2.05) is 0 Å². The third kappa shape index (κ3) is 3.19. The van der Waals surface area contributed by atoms with Gasteiger partial charge >= 0.3 is 0 Å². The first-order valence-electron chi connectivity index (χ1n) is 6.40. The van der Waals surface area contributed by atoms with E-state index >= 15 is 0 Å². The van der Waals surface area contributed by atoms with Gasteiger partial charge in [-0.15, -0.1) is 0 Å². The lowest BCUT2D eigenvalue weighted by atomic mass is 10.2. The Kier molecular flexibility index (Phi) is 3.99. The molecule has 96 valence electrons. The molecular weight excluding hydrogens is 220 g/mol. The molecule has 0 aromatic rings. The van der Waals surface area contributed by atoms with Crippen molar-refractivity contribution in [1.29, 1.82) is 0 Å². The van der Waals surface area contributed by atoms with E-state index in [4.69, 9.17) is 0 Å². The molecule has 5 heteroatoms. The summed E-state index contributed by atoms with van der Waals surface area (Å²) >= 11 is 0. The number of nitrogens with zero attached hydrogens (tertiary/aromatic N) is 2. The molecule has 2 saturated heterocycles. The smallest absolute Gasteiger partial charge is 0.242 e. The second-order valence-corrected chi connectivity index (χ2v) is 4.91. The Morgan fingerprint density at radius 1 is 1.29 bits per heavy atom. The molecule has 2 amide bonds. The minimum Gasteiger partial charge on any atom is -0.391 e. The zero-order chi connectivity index (χ0) is 12.3. The van der Waals surface area contributed by atoms with E-state index in [1.54, 1.807) is 9.80 Å². The van der Waals surface area contributed by atoms with Crippen molar-refractivity contribution in [2.75, 3.05) is 26.2 Å². The Morgan fingerprint density at radius 3 is 2.82 bits per heavy atom. The fourth-order valence-electron chi connectivity index (χ4n) is 2.44. The lowest BCUT2D eigenvalue weighted by Crippen LogP contribution is -2.42. The van der Waals surface area contributed by atoms with Crippen molar-refractivity contribution in [3.63, 3.8) is 0 Å². The molecule has 1 atom stereocenters. The maximum atomic E-state index is 11.9. The Bertz CT molecular complexity index is 306. The van der Waals surface area contributed by atoms with Crippen LogP contribution >= 0.6 is 0 Å². The molecule has 0 aromatic heterocycles. The van der Waals surface area contributed by atoms with Gasteiger partial charge in [0, 0.05) is 26.1 Å². The molecule has 0 bridgehead atoms. The van der Waals surface area contributed by atoms with E-state index in [0.29, 0.717) is 32.5 Å². The van der Waals surface area contributed by atoms with E-state index in [2.05, 4.69) is 0 Å². The Morgan fingerprint density at radius 2 is 2.12 bits per heavy atom. The first-order chi connectivity index (χ1) is 8.16. The SMILES string of the molecule is O=C1CCCCCN1CC(=O)N1CC[C@H](O)C1. The number of carbonyl (C=O) groups is 2. The van der Waals surface area contributed by atoms with Crippen molar-refractivity contribution in [1.82, 2.24) is 9.80 Å². The molecular formula is C12H20N2O3. The minimum atomic E-state index is -0.390. The van der Waals surface area contributed by atoms with Crippen LogP contribution in [0.4, 0.5) is 0 Å². The van der Waals surface area contributed by atoms with Crippen molar-refractivity contribution >= 4 is 11.8 Å². The minimum absolute atomic E-state index is 0.0307. The molecule has 2 rings (SSSR count). The topological polar surface area (TPSA) is 60.9 Å². The Hall–Kier alpha value is -1.10. The zero-order valence-electron chi connectivity index (χ0n) is 10.1. The molecule has 2 aliphatic rings. The highest BCUT2D eigenvalue weighted by molar-refractivity contribution is 5.85. The number of aliphatic hydroxyl groups is 1.